The van der Waals surface area contributed by atoms with Gasteiger partial charge in [-0.15, -0.1) is 0 Å². The molecule has 0 bridgehead atoms. The fourth-order valence-electron chi connectivity index (χ4n) is 2.32. The minimum atomic E-state index is -0.913. The Kier molecular flexibility index (Phi) is 5.19. The predicted octanol–water partition coefficient (Wildman–Crippen LogP) is 1.61. The van der Waals surface area contributed by atoms with Crippen molar-refractivity contribution in [2.45, 2.75) is 32.2 Å². The van der Waals surface area contributed by atoms with Crippen LogP contribution in [0.25, 0.3) is 0 Å². The zero-order valence-corrected chi connectivity index (χ0v) is 13.6. The van der Waals surface area contributed by atoms with Gasteiger partial charge in [0, 0.05) is 12.6 Å². The van der Waals surface area contributed by atoms with Gasteiger partial charge >= 0.3 is 5.97 Å². The van der Waals surface area contributed by atoms with Crippen molar-refractivity contribution in [1.29, 1.82) is 5.26 Å². The van der Waals surface area contributed by atoms with E-state index in [-0.39, 0.29) is 17.4 Å². The summed E-state index contributed by atoms with van der Waals surface area (Å²) in [5, 5.41) is 14.4. The number of esters is 1. The number of amides is 2. The highest BCUT2D eigenvalue weighted by molar-refractivity contribution is 5.93. The van der Waals surface area contributed by atoms with E-state index < -0.39 is 24.0 Å². The number of nitrogens with zero attached hydrogens (tertiary/aromatic N) is 1. The Hall–Kier alpha value is -2.88. The van der Waals surface area contributed by atoms with E-state index in [0.29, 0.717) is 5.69 Å². The Morgan fingerprint density at radius 2 is 1.92 bits per heavy atom. The van der Waals surface area contributed by atoms with Crippen molar-refractivity contribution in [2.75, 3.05) is 11.9 Å². The first kappa shape index (κ1) is 17.5. The minimum Gasteiger partial charge on any atom is -0.452 e. The minimum absolute atomic E-state index is 0.156. The van der Waals surface area contributed by atoms with Gasteiger partial charge in [-0.2, -0.15) is 5.26 Å². The molecule has 0 radical (unpaired) electrons. The third-order valence-corrected chi connectivity index (χ3v) is 3.80. The second kappa shape index (κ2) is 7.13. The maximum atomic E-state index is 11.9. The second-order valence-corrected chi connectivity index (χ2v) is 5.97. The molecule has 0 aliphatic heterocycles. The predicted molar refractivity (Wildman–Crippen MR) is 85.9 cm³/mol. The highest BCUT2D eigenvalue weighted by atomic mass is 16.5. The molecule has 0 saturated heterocycles. The van der Waals surface area contributed by atoms with Crippen molar-refractivity contribution < 1.29 is 19.1 Å². The average molecular weight is 329 g/mol. The second-order valence-electron chi connectivity index (χ2n) is 5.97. The molecular formula is C17H19N3O4. The molecule has 1 fully saturated rings. The summed E-state index contributed by atoms with van der Waals surface area (Å²) in [6, 6.07) is 8.23. The molecule has 1 atom stereocenters. The third-order valence-electron chi connectivity index (χ3n) is 3.80. The molecule has 2 rings (SSSR count). The van der Waals surface area contributed by atoms with Crippen LogP contribution in [0.4, 0.5) is 5.69 Å². The summed E-state index contributed by atoms with van der Waals surface area (Å²) in [5.41, 5.74) is -0.0862. The van der Waals surface area contributed by atoms with Crippen LogP contribution in [-0.4, -0.2) is 29.9 Å². The SMILES string of the molecule is CC(=O)Nc1ccc(C(=O)OCC(=O)NC(C)(C#N)C2CC2)cc1. The highest BCUT2D eigenvalue weighted by Gasteiger charge is 2.43. The summed E-state index contributed by atoms with van der Waals surface area (Å²) in [6.07, 6.45) is 1.82. The number of hydrogen-bond acceptors (Lipinski definition) is 5. The monoisotopic (exact) mass is 329 g/mol. The number of ether oxygens (including phenoxy) is 1. The van der Waals surface area contributed by atoms with Crippen molar-refractivity contribution >= 4 is 23.5 Å². The number of benzene rings is 1. The van der Waals surface area contributed by atoms with E-state index >= 15 is 0 Å². The number of rotatable bonds is 6. The van der Waals surface area contributed by atoms with Crippen LogP contribution in [0.1, 0.15) is 37.0 Å². The fraction of sp³-hybridized carbons (Fsp3) is 0.412. The van der Waals surface area contributed by atoms with Gasteiger partial charge in [0.25, 0.3) is 5.91 Å². The van der Waals surface area contributed by atoms with E-state index in [1.54, 1.807) is 19.1 Å². The van der Waals surface area contributed by atoms with Crippen LogP contribution >= 0.6 is 0 Å². The summed E-state index contributed by atoms with van der Waals surface area (Å²) in [4.78, 5) is 34.7. The molecular weight excluding hydrogens is 310 g/mol. The molecule has 1 saturated carbocycles. The average Bonchev–Trinajstić information content (AvgIpc) is 3.38. The van der Waals surface area contributed by atoms with Crippen LogP contribution in [-0.2, 0) is 14.3 Å². The Bertz CT molecular complexity index is 689. The lowest BCUT2D eigenvalue weighted by atomic mass is 9.98. The van der Waals surface area contributed by atoms with Gasteiger partial charge in [0.2, 0.25) is 5.91 Å². The first-order valence-electron chi connectivity index (χ1n) is 7.61. The van der Waals surface area contributed by atoms with Crippen molar-refractivity contribution in [2.24, 2.45) is 5.92 Å². The molecule has 2 amide bonds. The van der Waals surface area contributed by atoms with Gasteiger partial charge in [-0.25, -0.2) is 4.79 Å². The number of nitrogens with one attached hydrogen (secondary N) is 2. The number of carbonyl (C=O) groups is 3. The van der Waals surface area contributed by atoms with Crippen LogP contribution in [0.15, 0.2) is 24.3 Å². The third kappa shape index (κ3) is 4.56. The van der Waals surface area contributed by atoms with Crippen LogP contribution in [0.5, 0.6) is 0 Å². The molecule has 1 aromatic carbocycles. The summed E-state index contributed by atoms with van der Waals surface area (Å²) >= 11 is 0. The summed E-state index contributed by atoms with van der Waals surface area (Å²) in [5.74, 6) is -1.21. The van der Waals surface area contributed by atoms with Crippen molar-refractivity contribution in [1.82, 2.24) is 5.32 Å². The number of anilines is 1. The van der Waals surface area contributed by atoms with E-state index in [2.05, 4.69) is 16.7 Å². The van der Waals surface area contributed by atoms with Crippen LogP contribution in [0.2, 0.25) is 0 Å². The van der Waals surface area contributed by atoms with Gasteiger partial charge in [0.1, 0.15) is 5.54 Å². The molecule has 0 spiro atoms. The molecule has 0 aromatic heterocycles. The van der Waals surface area contributed by atoms with Gasteiger partial charge in [0.05, 0.1) is 11.6 Å². The number of nitriles is 1. The smallest absolute Gasteiger partial charge is 0.338 e. The standard InChI is InChI=1S/C17H19N3O4/c1-11(21)19-14-7-3-12(4-8-14)16(23)24-9-15(22)20-17(2,10-18)13-5-6-13/h3-4,7-8,13H,5-6,9H2,1-2H3,(H,19,21)(H,20,22). The molecule has 1 aliphatic carbocycles. The zero-order valence-electron chi connectivity index (χ0n) is 13.6. The fourth-order valence-corrected chi connectivity index (χ4v) is 2.32. The lowest BCUT2D eigenvalue weighted by Gasteiger charge is -2.22. The number of hydrogen-bond donors (Lipinski definition) is 2. The van der Waals surface area contributed by atoms with Crippen LogP contribution in [0.3, 0.4) is 0 Å². The summed E-state index contributed by atoms with van der Waals surface area (Å²) in [7, 11) is 0. The van der Waals surface area contributed by atoms with Gasteiger partial charge in [-0.3, -0.25) is 9.59 Å². The number of carbonyl (C=O) groups excluding carboxylic acids is 3. The Morgan fingerprint density at radius 1 is 1.29 bits per heavy atom. The van der Waals surface area contributed by atoms with E-state index in [4.69, 9.17) is 4.74 Å². The first-order valence-corrected chi connectivity index (χ1v) is 7.61. The molecule has 7 nitrogen and oxygen atoms in total. The Labute approximate surface area is 140 Å². The van der Waals surface area contributed by atoms with Crippen molar-refractivity contribution in [3.05, 3.63) is 29.8 Å². The van der Waals surface area contributed by atoms with E-state index in [1.807, 2.05) is 0 Å². The lowest BCUT2D eigenvalue weighted by molar-refractivity contribution is -0.125. The van der Waals surface area contributed by atoms with Gasteiger partial charge in [-0.1, -0.05) is 0 Å². The molecule has 1 aliphatic rings. The quantitative estimate of drug-likeness (QED) is 0.771. The molecule has 0 heterocycles. The van der Waals surface area contributed by atoms with Crippen LogP contribution < -0.4 is 10.6 Å². The van der Waals surface area contributed by atoms with Gasteiger partial charge in [-0.05, 0) is 49.9 Å². The molecule has 7 heteroatoms. The summed E-state index contributed by atoms with van der Waals surface area (Å²) in [6.45, 7) is 2.61. The van der Waals surface area contributed by atoms with Gasteiger partial charge in [0.15, 0.2) is 6.61 Å². The van der Waals surface area contributed by atoms with Crippen molar-refractivity contribution in [3.8, 4) is 6.07 Å². The molecule has 1 unspecified atom stereocenters. The highest BCUT2D eigenvalue weighted by Crippen LogP contribution is 2.39. The van der Waals surface area contributed by atoms with Gasteiger partial charge < -0.3 is 15.4 Å². The molecule has 126 valence electrons. The zero-order chi connectivity index (χ0) is 17.7. The van der Waals surface area contributed by atoms with Crippen molar-refractivity contribution in [3.63, 3.8) is 0 Å². The maximum Gasteiger partial charge on any atom is 0.338 e. The Balaban J connectivity index is 1.85. The summed E-state index contributed by atoms with van der Waals surface area (Å²) < 4.78 is 4.95. The van der Waals surface area contributed by atoms with E-state index in [0.717, 1.165) is 12.8 Å². The Morgan fingerprint density at radius 3 is 2.42 bits per heavy atom. The maximum absolute atomic E-state index is 11.9. The largest absolute Gasteiger partial charge is 0.452 e. The normalized spacial score (nSPS) is 15.5. The van der Waals surface area contributed by atoms with Crippen LogP contribution in [0, 0.1) is 17.2 Å². The lowest BCUT2D eigenvalue weighted by Crippen LogP contribution is -2.48. The molecule has 1 aromatic rings. The van der Waals surface area contributed by atoms with E-state index in [1.165, 1.54) is 19.1 Å². The molecule has 24 heavy (non-hydrogen) atoms. The van der Waals surface area contributed by atoms with E-state index in [9.17, 15) is 19.6 Å². The first-order chi connectivity index (χ1) is 11.3. The molecule has 2 N–H and O–H groups in total. The topological polar surface area (TPSA) is 108 Å².